The van der Waals surface area contributed by atoms with Crippen LogP contribution < -0.4 is 10.0 Å². The van der Waals surface area contributed by atoms with Crippen molar-refractivity contribution in [1.82, 2.24) is 19.9 Å². The summed E-state index contributed by atoms with van der Waals surface area (Å²) in [5.74, 6) is -0.352. The summed E-state index contributed by atoms with van der Waals surface area (Å²) in [4.78, 5) is 16.6. The van der Waals surface area contributed by atoms with Gasteiger partial charge < -0.3 is 5.32 Å². The number of hydrogen-bond donors (Lipinski definition) is 3. The summed E-state index contributed by atoms with van der Waals surface area (Å²) in [6.45, 7) is 3.87. The van der Waals surface area contributed by atoms with Crippen molar-refractivity contribution in [1.29, 1.82) is 0 Å². The molecule has 0 saturated heterocycles. The van der Waals surface area contributed by atoms with Crippen molar-refractivity contribution < 1.29 is 13.2 Å². The third-order valence-electron chi connectivity index (χ3n) is 3.62. The Balaban J connectivity index is 1.79. The Kier molecular flexibility index (Phi) is 4.51. The summed E-state index contributed by atoms with van der Waals surface area (Å²) in [6.07, 6.45) is 1.52. The number of carbonyl (C=O) groups is 1. The fraction of sp³-hybridized carbons (Fsp3) is 0.188. The van der Waals surface area contributed by atoms with Crippen molar-refractivity contribution >= 4 is 32.7 Å². The Morgan fingerprint density at radius 1 is 1.24 bits per heavy atom. The first-order valence-corrected chi connectivity index (χ1v) is 9.11. The summed E-state index contributed by atoms with van der Waals surface area (Å²) >= 11 is 0. The highest BCUT2D eigenvalue weighted by Gasteiger charge is 2.14. The minimum atomic E-state index is -3.54. The van der Waals surface area contributed by atoms with Crippen LogP contribution in [0.5, 0.6) is 0 Å². The molecule has 0 aliphatic heterocycles. The normalized spacial score (nSPS) is 11.6. The zero-order valence-electron chi connectivity index (χ0n) is 13.7. The van der Waals surface area contributed by atoms with Crippen LogP contribution in [-0.2, 0) is 10.0 Å². The SMILES string of the molecule is CCNS(=O)(=O)c1ccc(C(=O)Nc2cnc3n[nH]c(C)c3c2)cc1. The van der Waals surface area contributed by atoms with E-state index >= 15 is 0 Å². The van der Waals surface area contributed by atoms with E-state index in [4.69, 9.17) is 0 Å². The average Bonchev–Trinajstić information content (AvgIpc) is 2.96. The highest BCUT2D eigenvalue weighted by molar-refractivity contribution is 7.89. The van der Waals surface area contributed by atoms with Gasteiger partial charge in [0.1, 0.15) is 0 Å². The molecule has 25 heavy (non-hydrogen) atoms. The van der Waals surface area contributed by atoms with Crippen LogP contribution in [0.4, 0.5) is 5.69 Å². The lowest BCUT2D eigenvalue weighted by atomic mass is 10.2. The molecule has 0 aliphatic carbocycles. The number of aromatic nitrogens is 3. The lowest BCUT2D eigenvalue weighted by molar-refractivity contribution is 0.102. The van der Waals surface area contributed by atoms with Crippen LogP contribution in [0.1, 0.15) is 23.0 Å². The maximum Gasteiger partial charge on any atom is 0.255 e. The molecule has 9 heteroatoms. The van der Waals surface area contributed by atoms with E-state index in [0.717, 1.165) is 11.1 Å². The number of anilines is 1. The van der Waals surface area contributed by atoms with Gasteiger partial charge in [0.15, 0.2) is 5.65 Å². The van der Waals surface area contributed by atoms with Gasteiger partial charge in [0.05, 0.1) is 16.8 Å². The van der Waals surface area contributed by atoms with E-state index < -0.39 is 10.0 Å². The zero-order chi connectivity index (χ0) is 18.0. The molecule has 1 aromatic carbocycles. The van der Waals surface area contributed by atoms with Crippen molar-refractivity contribution in [2.45, 2.75) is 18.7 Å². The fourth-order valence-electron chi connectivity index (χ4n) is 2.35. The number of sulfonamides is 1. The lowest BCUT2D eigenvalue weighted by Gasteiger charge is -2.07. The Labute approximate surface area is 144 Å². The topological polar surface area (TPSA) is 117 Å². The Morgan fingerprint density at radius 2 is 1.96 bits per heavy atom. The third-order valence-corrected chi connectivity index (χ3v) is 5.18. The summed E-state index contributed by atoms with van der Waals surface area (Å²) in [6, 6.07) is 7.51. The second-order valence-electron chi connectivity index (χ2n) is 5.42. The number of carbonyl (C=O) groups excluding carboxylic acids is 1. The predicted molar refractivity (Wildman–Crippen MR) is 93.9 cm³/mol. The van der Waals surface area contributed by atoms with Gasteiger partial charge in [-0.1, -0.05) is 6.92 Å². The van der Waals surface area contributed by atoms with E-state index in [9.17, 15) is 13.2 Å². The lowest BCUT2D eigenvalue weighted by Crippen LogP contribution is -2.23. The van der Waals surface area contributed by atoms with Crippen molar-refractivity contribution in [3.8, 4) is 0 Å². The molecule has 0 spiro atoms. The van der Waals surface area contributed by atoms with E-state index in [0.29, 0.717) is 23.4 Å². The van der Waals surface area contributed by atoms with Gasteiger partial charge in [0.25, 0.3) is 5.91 Å². The van der Waals surface area contributed by atoms with E-state index in [-0.39, 0.29) is 10.8 Å². The second kappa shape index (κ2) is 6.61. The smallest absolute Gasteiger partial charge is 0.255 e. The summed E-state index contributed by atoms with van der Waals surface area (Å²) in [5, 5.41) is 10.4. The van der Waals surface area contributed by atoms with Crippen LogP contribution in [0.3, 0.4) is 0 Å². The number of nitrogens with one attached hydrogen (secondary N) is 3. The first-order chi connectivity index (χ1) is 11.9. The van der Waals surface area contributed by atoms with Crippen molar-refractivity contribution in [2.75, 3.05) is 11.9 Å². The average molecular weight is 359 g/mol. The second-order valence-corrected chi connectivity index (χ2v) is 7.19. The van der Waals surface area contributed by atoms with E-state index in [1.165, 1.54) is 30.5 Å². The molecule has 130 valence electrons. The summed E-state index contributed by atoms with van der Waals surface area (Å²) in [5.41, 5.74) is 2.32. The molecule has 0 saturated carbocycles. The number of pyridine rings is 1. The van der Waals surface area contributed by atoms with Gasteiger partial charge in [0.2, 0.25) is 10.0 Å². The first kappa shape index (κ1) is 17.1. The van der Waals surface area contributed by atoms with Crippen LogP contribution in [0.15, 0.2) is 41.4 Å². The van der Waals surface area contributed by atoms with Crippen LogP contribution in [0, 0.1) is 6.92 Å². The van der Waals surface area contributed by atoms with Crippen molar-refractivity contribution in [3.63, 3.8) is 0 Å². The van der Waals surface area contributed by atoms with E-state index in [2.05, 4.69) is 25.2 Å². The monoisotopic (exact) mass is 359 g/mol. The zero-order valence-corrected chi connectivity index (χ0v) is 14.5. The van der Waals surface area contributed by atoms with Crippen LogP contribution in [0.2, 0.25) is 0 Å². The first-order valence-electron chi connectivity index (χ1n) is 7.62. The molecule has 0 fully saturated rings. The molecule has 8 nitrogen and oxygen atoms in total. The van der Waals surface area contributed by atoms with Gasteiger partial charge >= 0.3 is 0 Å². The minimum Gasteiger partial charge on any atom is -0.321 e. The molecule has 0 unspecified atom stereocenters. The van der Waals surface area contributed by atoms with Crippen LogP contribution >= 0.6 is 0 Å². The number of benzene rings is 1. The van der Waals surface area contributed by atoms with Gasteiger partial charge in [0, 0.05) is 23.2 Å². The van der Waals surface area contributed by atoms with Gasteiger partial charge in [-0.2, -0.15) is 5.10 Å². The van der Waals surface area contributed by atoms with Gasteiger partial charge in [-0.15, -0.1) is 0 Å². The molecule has 3 aromatic rings. The van der Waals surface area contributed by atoms with Crippen molar-refractivity contribution in [2.24, 2.45) is 0 Å². The van der Waals surface area contributed by atoms with Crippen LogP contribution in [-0.4, -0.2) is 36.1 Å². The van der Waals surface area contributed by atoms with Gasteiger partial charge in [-0.25, -0.2) is 18.1 Å². The maximum absolute atomic E-state index is 12.3. The highest BCUT2D eigenvalue weighted by atomic mass is 32.2. The molecule has 3 N–H and O–H groups in total. The van der Waals surface area contributed by atoms with E-state index in [1.807, 2.05) is 6.92 Å². The Morgan fingerprint density at radius 3 is 2.64 bits per heavy atom. The molecular formula is C16H17N5O3S. The predicted octanol–water partition coefficient (Wildman–Crippen LogP) is 1.82. The quantitative estimate of drug-likeness (QED) is 0.642. The Bertz CT molecular complexity index is 1030. The number of amides is 1. The molecule has 1 amide bonds. The molecule has 0 bridgehead atoms. The summed E-state index contributed by atoms with van der Waals surface area (Å²) in [7, 11) is -3.54. The van der Waals surface area contributed by atoms with Crippen molar-refractivity contribution in [3.05, 3.63) is 47.8 Å². The van der Waals surface area contributed by atoms with E-state index in [1.54, 1.807) is 13.0 Å². The standard InChI is InChI=1S/C16H17N5O3S/c1-3-18-25(23,24)13-6-4-11(5-7-13)16(22)19-12-8-14-10(2)20-21-15(14)17-9-12/h4-9,18H,3H2,1-2H3,(H,19,22)(H,17,20,21). The number of fused-ring (bicyclic) bond motifs is 1. The molecular weight excluding hydrogens is 342 g/mol. The van der Waals surface area contributed by atoms with Gasteiger partial charge in [-0.05, 0) is 37.3 Å². The summed E-state index contributed by atoms with van der Waals surface area (Å²) < 4.78 is 26.2. The minimum absolute atomic E-state index is 0.114. The molecule has 0 radical (unpaired) electrons. The van der Waals surface area contributed by atoms with Gasteiger partial charge in [-0.3, -0.25) is 9.89 Å². The number of aryl methyl sites for hydroxylation is 1. The molecule has 2 heterocycles. The molecule has 0 aliphatic rings. The molecule has 2 aromatic heterocycles. The number of hydrogen-bond acceptors (Lipinski definition) is 5. The molecule has 3 rings (SSSR count). The number of H-pyrrole nitrogens is 1. The third kappa shape index (κ3) is 3.52. The number of aromatic amines is 1. The Hall–Kier alpha value is -2.78. The van der Waals surface area contributed by atoms with Crippen LogP contribution in [0.25, 0.3) is 11.0 Å². The highest BCUT2D eigenvalue weighted by Crippen LogP contribution is 2.18. The molecule has 0 atom stereocenters. The maximum atomic E-state index is 12.3. The fourth-order valence-corrected chi connectivity index (χ4v) is 3.39. The largest absolute Gasteiger partial charge is 0.321 e. The number of nitrogens with zero attached hydrogens (tertiary/aromatic N) is 2. The number of rotatable bonds is 5.